The Kier molecular flexibility index (Phi) is 3.10. The van der Waals surface area contributed by atoms with E-state index in [-0.39, 0.29) is 6.42 Å². The molecule has 0 aliphatic heterocycles. The second-order valence-corrected chi connectivity index (χ2v) is 1.81. The number of carbonyl (C=O) groups is 1. The second-order valence-electron chi connectivity index (χ2n) is 1.81. The lowest BCUT2D eigenvalue weighted by Crippen LogP contribution is -2.32. The Hall–Kier alpha value is -1.00. The van der Waals surface area contributed by atoms with Gasteiger partial charge in [0.1, 0.15) is 0 Å². The quantitative estimate of drug-likeness (QED) is 0.566. The lowest BCUT2D eigenvalue weighted by Gasteiger charge is -2.11. The zero-order valence-electron chi connectivity index (χ0n) is 5.73. The van der Waals surface area contributed by atoms with Gasteiger partial charge < -0.3 is 9.90 Å². The molecule has 5 heteroatoms. The summed E-state index contributed by atoms with van der Waals surface area (Å²) < 4.78 is 35.0. The Labute approximate surface area is 61.3 Å². The lowest BCUT2D eigenvalue weighted by atomic mass is 10.2. The maximum atomic E-state index is 11.7. The highest BCUT2D eigenvalue weighted by atomic mass is 19.4. The molecule has 11 heavy (non-hydrogen) atoms. The van der Waals surface area contributed by atoms with Crippen molar-refractivity contribution < 1.29 is 23.1 Å². The van der Waals surface area contributed by atoms with E-state index < -0.39 is 17.7 Å². The zero-order chi connectivity index (χ0) is 9.07. The maximum absolute atomic E-state index is 11.7. The minimum Gasteiger partial charge on any atom is -0.545 e. The highest BCUT2D eigenvalue weighted by molar-refractivity contribution is 5.86. The van der Waals surface area contributed by atoms with E-state index in [0.29, 0.717) is 6.08 Å². The average Bonchev–Trinajstić information content (AvgIpc) is 1.79. The molecule has 2 nitrogen and oxygen atoms in total. The van der Waals surface area contributed by atoms with Crippen molar-refractivity contribution >= 4 is 5.97 Å². The molecule has 0 aromatic carbocycles. The van der Waals surface area contributed by atoms with Crippen LogP contribution in [0.3, 0.4) is 0 Å². The fraction of sp³-hybridized carbons (Fsp3) is 0.500. The Balaban J connectivity index is 4.63. The van der Waals surface area contributed by atoms with Crippen molar-refractivity contribution in [2.75, 3.05) is 0 Å². The predicted octanol–water partition coefficient (Wildman–Crippen LogP) is 0.635. The van der Waals surface area contributed by atoms with E-state index in [4.69, 9.17) is 0 Å². The van der Waals surface area contributed by atoms with Gasteiger partial charge in [-0.05, 0) is 6.42 Å². The van der Waals surface area contributed by atoms with Crippen molar-refractivity contribution in [1.82, 2.24) is 0 Å². The highest BCUT2D eigenvalue weighted by Gasteiger charge is 2.33. The van der Waals surface area contributed by atoms with Crippen LogP contribution in [0.15, 0.2) is 11.6 Å². The summed E-state index contributed by atoms with van der Waals surface area (Å²) in [4.78, 5) is 9.84. The summed E-state index contributed by atoms with van der Waals surface area (Å²) in [6, 6.07) is 0. The van der Waals surface area contributed by atoms with Crippen LogP contribution < -0.4 is 5.11 Å². The fourth-order valence-corrected chi connectivity index (χ4v) is 0.519. The Morgan fingerprint density at radius 2 is 2.00 bits per heavy atom. The third kappa shape index (κ3) is 3.06. The van der Waals surface area contributed by atoms with Gasteiger partial charge in [-0.2, -0.15) is 13.2 Å². The van der Waals surface area contributed by atoms with Crippen LogP contribution in [0.1, 0.15) is 13.3 Å². The monoisotopic (exact) mass is 167 g/mol. The molecular formula is C6H6F3O2-. The smallest absolute Gasteiger partial charge is 0.417 e. The topological polar surface area (TPSA) is 40.1 Å². The Bertz CT molecular complexity index is 181. The van der Waals surface area contributed by atoms with Gasteiger partial charge in [-0.1, -0.05) is 13.0 Å². The van der Waals surface area contributed by atoms with Gasteiger partial charge >= 0.3 is 6.18 Å². The third-order valence-electron chi connectivity index (χ3n) is 0.934. The molecule has 0 aromatic heterocycles. The van der Waals surface area contributed by atoms with Gasteiger partial charge in [-0.25, -0.2) is 0 Å². The molecule has 0 saturated carbocycles. The zero-order valence-corrected chi connectivity index (χ0v) is 5.73. The first-order valence-corrected chi connectivity index (χ1v) is 2.88. The van der Waals surface area contributed by atoms with E-state index in [1.807, 2.05) is 0 Å². The molecule has 0 heterocycles. The summed E-state index contributed by atoms with van der Waals surface area (Å²) in [5.41, 5.74) is -1.61. The minimum atomic E-state index is -4.81. The largest absolute Gasteiger partial charge is 0.545 e. The molecule has 64 valence electrons. The van der Waals surface area contributed by atoms with E-state index in [0.717, 1.165) is 0 Å². The first-order chi connectivity index (χ1) is 4.89. The summed E-state index contributed by atoms with van der Waals surface area (Å²) in [6.07, 6.45) is -4.22. The van der Waals surface area contributed by atoms with E-state index >= 15 is 0 Å². The van der Waals surface area contributed by atoms with Gasteiger partial charge in [0.15, 0.2) is 0 Å². The summed E-state index contributed by atoms with van der Waals surface area (Å²) >= 11 is 0. The molecule has 0 bridgehead atoms. The number of carboxylic acid groups (broad SMARTS) is 1. The molecule has 0 spiro atoms. The van der Waals surface area contributed by atoms with Crippen molar-refractivity contribution in [3.63, 3.8) is 0 Å². The molecule has 0 aliphatic carbocycles. The standard InChI is InChI=1S/C6H7F3O2/c1-2-3-4(5(10)11)6(7,8)9/h3H,2H2,1H3,(H,10,11)/p-1. The predicted molar refractivity (Wildman–Crippen MR) is 29.4 cm³/mol. The van der Waals surface area contributed by atoms with Crippen LogP contribution >= 0.6 is 0 Å². The van der Waals surface area contributed by atoms with Crippen LogP contribution in [-0.4, -0.2) is 12.1 Å². The fourth-order valence-electron chi connectivity index (χ4n) is 0.519. The summed E-state index contributed by atoms with van der Waals surface area (Å²) in [5.74, 6) is -2.18. The molecule has 0 rings (SSSR count). The summed E-state index contributed by atoms with van der Waals surface area (Å²) in [5, 5.41) is 9.84. The Morgan fingerprint density at radius 1 is 1.55 bits per heavy atom. The van der Waals surface area contributed by atoms with Gasteiger partial charge in [0.05, 0.1) is 11.5 Å². The molecule has 0 aromatic rings. The van der Waals surface area contributed by atoms with Gasteiger partial charge in [-0.3, -0.25) is 0 Å². The number of allylic oxidation sites excluding steroid dienone is 1. The number of rotatable bonds is 2. The number of carboxylic acids is 1. The van der Waals surface area contributed by atoms with Crippen LogP contribution in [0.2, 0.25) is 0 Å². The van der Waals surface area contributed by atoms with Crippen LogP contribution in [0.25, 0.3) is 0 Å². The summed E-state index contributed by atoms with van der Waals surface area (Å²) in [6.45, 7) is 1.41. The van der Waals surface area contributed by atoms with Crippen molar-refractivity contribution in [1.29, 1.82) is 0 Å². The van der Waals surface area contributed by atoms with Gasteiger partial charge in [0.25, 0.3) is 0 Å². The number of hydrogen-bond acceptors (Lipinski definition) is 2. The number of hydrogen-bond donors (Lipinski definition) is 0. The minimum absolute atomic E-state index is 0.0167. The first-order valence-electron chi connectivity index (χ1n) is 2.88. The van der Waals surface area contributed by atoms with Crippen molar-refractivity contribution in [2.24, 2.45) is 0 Å². The van der Waals surface area contributed by atoms with Gasteiger partial charge in [0, 0.05) is 0 Å². The van der Waals surface area contributed by atoms with E-state index in [9.17, 15) is 23.1 Å². The average molecular weight is 167 g/mol. The van der Waals surface area contributed by atoms with E-state index in [1.54, 1.807) is 0 Å². The molecule has 0 aliphatic rings. The Morgan fingerprint density at radius 3 is 2.09 bits per heavy atom. The molecule has 0 N–H and O–H groups in total. The van der Waals surface area contributed by atoms with E-state index in [2.05, 4.69) is 0 Å². The number of alkyl halides is 3. The first kappa shape index (κ1) is 10.0. The van der Waals surface area contributed by atoms with Crippen LogP contribution in [0.5, 0.6) is 0 Å². The highest BCUT2D eigenvalue weighted by Crippen LogP contribution is 2.25. The lowest BCUT2D eigenvalue weighted by molar-refractivity contribution is -0.303. The SMILES string of the molecule is CCC=C(C(=O)[O-])C(F)(F)F. The molecular weight excluding hydrogens is 161 g/mol. The normalized spacial score (nSPS) is 13.3. The summed E-state index contributed by atoms with van der Waals surface area (Å²) in [7, 11) is 0. The van der Waals surface area contributed by atoms with Crippen LogP contribution in [0, 0.1) is 0 Å². The van der Waals surface area contributed by atoms with E-state index in [1.165, 1.54) is 6.92 Å². The van der Waals surface area contributed by atoms with Gasteiger partial charge in [-0.15, -0.1) is 0 Å². The maximum Gasteiger partial charge on any atom is 0.417 e. The molecule has 0 unspecified atom stereocenters. The second kappa shape index (κ2) is 3.41. The van der Waals surface area contributed by atoms with Crippen LogP contribution in [0.4, 0.5) is 13.2 Å². The van der Waals surface area contributed by atoms with Crippen LogP contribution in [-0.2, 0) is 4.79 Å². The molecule has 0 fully saturated rings. The molecule has 0 radical (unpaired) electrons. The number of carbonyl (C=O) groups excluding carboxylic acids is 1. The third-order valence-corrected chi connectivity index (χ3v) is 0.934. The number of halogens is 3. The van der Waals surface area contributed by atoms with Crippen molar-refractivity contribution in [3.8, 4) is 0 Å². The van der Waals surface area contributed by atoms with Gasteiger partial charge in [0.2, 0.25) is 0 Å². The molecule has 0 saturated heterocycles. The number of aliphatic carboxylic acids is 1. The van der Waals surface area contributed by atoms with Crippen molar-refractivity contribution in [2.45, 2.75) is 19.5 Å². The molecule has 0 atom stereocenters. The molecule has 0 amide bonds. The van der Waals surface area contributed by atoms with Crippen molar-refractivity contribution in [3.05, 3.63) is 11.6 Å².